The summed E-state index contributed by atoms with van der Waals surface area (Å²) in [4.78, 5) is 15.1. The Kier molecular flexibility index (Phi) is 2.89. The Morgan fingerprint density at radius 1 is 0.875 bits per heavy atom. The van der Waals surface area contributed by atoms with E-state index in [1.54, 1.807) is 0 Å². The molecule has 3 aromatic rings. The van der Waals surface area contributed by atoms with Crippen LogP contribution in [0, 0.1) is 0 Å². The molecule has 1 aliphatic carbocycles. The second-order valence-corrected chi connectivity index (χ2v) is 6.60. The maximum Gasteiger partial charge on any atom is 0.258 e. The second kappa shape index (κ2) is 5.10. The number of benzene rings is 3. The number of fused-ring (bicyclic) bond motifs is 2. The van der Waals surface area contributed by atoms with E-state index in [2.05, 4.69) is 47.8 Å². The first-order valence-electron chi connectivity index (χ1n) is 8.49. The number of amides is 1. The number of carbonyl (C=O) groups excluding carboxylic acids is 1. The maximum absolute atomic E-state index is 13.1. The number of carbonyl (C=O) groups is 1. The van der Waals surface area contributed by atoms with Crippen molar-refractivity contribution >= 4 is 22.4 Å². The minimum absolute atomic E-state index is 0.106. The van der Waals surface area contributed by atoms with Gasteiger partial charge in [0.2, 0.25) is 0 Å². The van der Waals surface area contributed by atoms with Crippen LogP contribution in [-0.2, 0) is 0 Å². The zero-order valence-corrected chi connectivity index (χ0v) is 13.3. The Morgan fingerprint density at radius 3 is 2.50 bits per heavy atom. The van der Waals surface area contributed by atoms with Gasteiger partial charge in [-0.05, 0) is 35.7 Å². The van der Waals surface area contributed by atoms with Gasteiger partial charge < -0.3 is 10.2 Å². The molecular formula is C21H18N2O. The Labute approximate surface area is 140 Å². The molecule has 3 aromatic carbocycles. The first-order chi connectivity index (χ1) is 11.8. The average Bonchev–Trinajstić information content (AvgIpc) is 3.46. The predicted octanol–water partition coefficient (Wildman–Crippen LogP) is 4.57. The van der Waals surface area contributed by atoms with E-state index in [4.69, 9.17) is 0 Å². The summed E-state index contributed by atoms with van der Waals surface area (Å²) in [5.41, 5.74) is 2.88. The van der Waals surface area contributed by atoms with Crippen molar-refractivity contribution in [2.45, 2.75) is 25.0 Å². The Balaban J connectivity index is 1.70. The highest BCUT2D eigenvalue weighted by molar-refractivity contribution is 6.02. The molecule has 1 N–H and O–H groups in total. The van der Waals surface area contributed by atoms with Crippen molar-refractivity contribution in [2.24, 2.45) is 0 Å². The van der Waals surface area contributed by atoms with Gasteiger partial charge in [0.1, 0.15) is 6.17 Å². The van der Waals surface area contributed by atoms with Crippen LogP contribution in [0.5, 0.6) is 0 Å². The summed E-state index contributed by atoms with van der Waals surface area (Å²) < 4.78 is 0. The molecule has 1 aliphatic heterocycles. The Hall–Kier alpha value is -2.81. The van der Waals surface area contributed by atoms with Gasteiger partial charge in [-0.1, -0.05) is 54.6 Å². The fourth-order valence-electron chi connectivity index (χ4n) is 3.71. The van der Waals surface area contributed by atoms with Crippen molar-refractivity contribution in [1.82, 2.24) is 4.90 Å². The molecule has 0 aromatic heterocycles. The van der Waals surface area contributed by atoms with E-state index in [1.807, 2.05) is 29.2 Å². The number of nitrogens with one attached hydrogen (secondary N) is 1. The summed E-state index contributed by atoms with van der Waals surface area (Å²) in [6.07, 6.45) is 2.08. The zero-order chi connectivity index (χ0) is 16.1. The van der Waals surface area contributed by atoms with Crippen molar-refractivity contribution in [3.63, 3.8) is 0 Å². The number of rotatable bonds is 2. The molecule has 3 nitrogen and oxygen atoms in total. The fraction of sp³-hybridized carbons (Fsp3) is 0.190. The lowest BCUT2D eigenvalue weighted by Gasteiger charge is -2.39. The maximum atomic E-state index is 13.1. The lowest BCUT2D eigenvalue weighted by atomic mass is 9.98. The van der Waals surface area contributed by atoms with Crippen molar-refractivity contribution < 1.29 is 4.79 Å². The molecule has 118 valence electrons. The monoisotopic (exact) mass is 314 g/mol. The van der Waals surface area contributed by atoms with Crippen LogP contribution in [0.15, 0.2) is 66.7 Å². The number of hydrogen-bond acceptors (Lipinski definition) is 2. The largest absolute Gasteiger partial charge is 0.361 e. The van der Waals surface area contributed by atoms with E-state index in [0.29, 0.717) is 6.04 Å². The summed E-state index contributed by atoms with van der Waals surface area (Å²) in [6.45, 7) is 0. The van der Waals surface area contributed by atoms with Gasteiger partial charge >= 0.3 is 0 Å². The number of anilines is 1. The molecule has 2 aliphatic rings. The Morgan fingerprint density at radius 2 is 1.62 bits per heavy atom. The third kappa shape index (κ3) is 2.01. The van der Waals surface area contributed by atoms with Crippen molar-refractivity contribution in [3.8, 4) is 0 Å². The highest BCUT2D eigenvalue weighted by Gasteiger charge is 2.42. The van der Waals surface area contributed by atoms with Crippen molar-refractivity contribution in [3.05, 3.63) is 77.9 Å². The Bertz CT molecular complexity index is 940. The van der Waals surface area contributed by atoms with E-state index in [1.165, 1.54) is 16.3 Å². The molecule has 0 bridgehead atoms. The smallest absolute Gasteiger partial charge is 0.258 e. The number of hydrogen-bond donors (Lipinski definition) is 1. The molecule has 0 saturated heterocycles. The van der Waals surface area contributed by atoms with Gasteiger partial charge in [-0.15, -0.1) is 0 Å². The zero-order valence-electron chi connectivity index (χ0n) is 13.3. The van der Waals surface area contributed by atoms with Gasteiger partial charge in [0.25, 0.3) is 5.91 Å². The van der Waals surface area contributed by atoms with E-state index in [0.717, 1.165) is 24.1 Å². The van der Waals surface area contributed by atoms with Crippen LogP contribution in [0.3, 0.4) is 0 Å². The predicted molar refractivity (Wildman–Crippen MR) is 95.9 cm³/mol. The van der Waals surface area contributed by atoms with Crippen LogP contribution < -0.4 is 5.32 Å². The van der Waals surface area contributed by atoms with E-state index in [9.17, 15) is 4.79 Å². The molecule has 3 heteroatoms. The summed E-state index contributed by atoms with van der Waals surface area (Å²) in [5.74, 6) is 0.143. The summed E-state index contributed by atoms with van der Waals surface area (Å²) in [7, 11) is 0. The summed E-state index contributed by atoms with van der Waals surface area (Å²) in [5, 5.41) is 6.02. The summed E-state index contributed by atoms with van der Waals surface area (Å²) in [6, 6.07) is 22.9. The van der Waals surface area contributed by atoms with Gasteiger partial charge in [0, 0.05) is 17.3 Å². The van der Waals surface area contributed by atoms with Gasteiger partial charge in [-0.3, -0.25) is 4.79 Å². The third-order valence-corrected chi connectivity index (χ3v) is 5.02. The van der Waals surface area contributed by atoms with Crippen LogP contribution in [-0.4, -0.2) is 16.8 Å². The van der Waals surface area contributed by atoms with Crippen LogP contribution in [0.2, 0.25) is 0 Å². The van der Waals surface area contributed by atoms with Gasteiger partial charge in [0.05, 0.1) is 5.56 Å². The van der Waals surface area contributed by atoms with Crippen molar-refractivity contribution in [2.75, 3.05) is 5.32 Å². The standard InChI is InChI=1S/C21H18N2O/c24-21-18-9-3-4-11-19(18)22-20(23(21)15-12-13-15)17-10-5-7-14-6-1-2-8-16(14)17/h1-11,15,20,22H,12-13H2. The molecule has 5 rings (SSSR count). The molecule has 0 radical (unpaired) electrons. The molecule has 24 heavy (non-hydrogen) atoms. The molecule has 1 unspecified atom stereocenters. The molecule has 1 fully saturated rings. The van der Waals surface area contributed by atoms with Crippen LogP contribution in [0.1, 0.15) is 34.9 Å². The highest BCUT2D eigenvalue weighted by atomic mass is 16.2. The second-order valence-electron chi connectivity index (χ2n) is 6.60. The first-order valence-corrected chi connectivity index (χ1v) is 8.49. The van der Waals surface area contributed by atoms with Gasteiger partial charge in [-0.25, -0.2) is 0 Å². The molecule has 1 heterocycles. The SMILES string of the molecule is O=C1c2ccccc2NC(c2cccc3ccccc23)N1C1CC1. The minimum Gasteiger partial charge on any atom is -0.361 e. The van der Waals surface area contributed by atoms with Crippen molar-refractivity contribution in [1.29, 1.82) is 0 Å². The molecular weight excluding hydrogens is 296 g/mol. The van der Waals surface area contributed by atoms with Gasteiger partial charge in [0.15, 0.2) is 0 Å². The lowest BCUT2D eigenvalue weighted by molar-refractivity contribution is 0.0667. The molecule has 1 atom stereocenters. The van der Waals surface area contributed by atoms with E-state index in [-0.39, 0.29) is 12.1 Å². The van der Waals surface area contributed by atoms with Crippen LogP contribution in [0.4, 0.5) is 5.69 Å². The first kappa shape index (κ1) is 13.6. The average molecular weight is 314 g/mol. The minimum atomic E-state index is -0.106. The lowest BCUT2D eigenvalue weighted by Crippen LogP contribution is -2.44. The fourth-order valence-corrected chi connectivity index (χ4v) is 3.71. The normalized spacial score (nSPS) is 19.9. The van der Waals surface area contributed by atoms with E-state index < -0.39 is 0 Å². The molecule has 1 saturated carbocycles. The van der Waals surface area contributed by atoms with E-state index >= 15 is 0 Å². The van der Waals surface area contributed by atoms with Crippen LogP contribution >= 0.6 is 0 Å². The number of nitrogens with zero attached hydrogens (tertiary/aromatic N) is 1. The quantitative estimate of drug-likeness (QED) is 0.751. The third-order valence-electron chi connectivity index (χ3n) is 5.02. The summed E-state index contributed by atoms with van der Waals surface area (Å²) >= 11 is 0. The van der Waals surface area contributed by atoms with Gasteiger partial charge in [-0.2, -0.15) is 0 Å². The van der Waals surface area contributed by atoms with Crippen LogP contribution in [0.25, 0.3) is 10.8 Å². The molecule has 0 spiro atoms. The number of para-hydroxylation sites is 1. The highest BCUT2D eigenvalue weighted by Crippen LogP contribution is 2.42. The topological polar surface area (TPSA) is 32.3 Å². The molecule has 1 amide bonds.